The van der Waals surface area contributed by atoms with Gasteiger partial charge in [0.2, 0.25) is 0 Å². The number of nitrogens with zero attached hydrogens (tertiary/aromatic N) is 3. The van der Waals surface area contributed by atoms with Gasteiger partial charge in [0.25, 0.3) is 0 Å². The van der Waals surface area contributed by atoms with E-state index >= 15 is 0 Å². The Balaban J connectivity index is 2.04. The Morgan fingerprint density at radius 1 is 0.840 bits per heavy atom. The van der Waals surface area contributed by atoms with Crippen LogP contribution in [0.25, 0.3) is 16.8 Å². The smallest absolute Gasteiger partial charge is 0.129 e. The number of nitriles is 2. The van der Waals surface area contributed by atoms with Crippen molar-refractivity contribution in [3.8, 4) is 12.1 Å². The zero-order valence-electron chi connectivity index (χ0n) is 14.3. The maximum atomic E-state index is 8.60. The van der Waals surface area contributed by atoms with E-state index in [2.05, 4.69) is 41.3 Å². The molecule has 0 aliphatic heterocycles. The predicted octanol–water partition coefficient (Wildman–Crippen LogP) is 5.00. The Labute approximate surface area is 148 Å². The summed E-state index contributed by atoms with van der Waals surface area (Å²) in [5.41, 5.74) is 2.42. The van der Waals surface area contributed by atoms with E-state index in [1.807, 2.05) is 50.5 Å². The number of anilines is 1. The maximum Gasteiger partial charge on any atom is 0.129 e. The van der Waals surface area contributed by atoms with Crippen LogP contribution in [-0.4, -0.2) is 14.1 Å². The van der Waals surface area contributed by atoms with Gasteiger partial charge in [-0.25, -0.2) is 0 Å². The van der Waals surface area contributed by atoms with Gasteiger partial charge in [-0.15, -0.1) is 0 Å². The van der Waals surface area contributed by atoms with Crippen LogP contribution in [-0.2, 0) is 0 Å². The average molecular weight is 325 g/mol. The first-order valence-electron chi connectivity index (χ1n) is 7.87. The van der Waals surface area contributed by atoms with Crippen LogP contribution in [0.15, 0.2) is 78.4 Å². The van der Waals surface area contributed by atoms with Gasteiger partial charge in [0.05, 0.1) is 0 Å². The normalized spacial score (nSPS) is 11.0. The monoisotopic (exact) mass is 325 g/mol. The lowest BCUT2D eigenvalue weighted by atomic mass is 10.1. The van der Waals surface area contributed by atoms with E-state index in [1.54, 1.807) is 12.2 Å². The van der Waals surface area contributed by atoms with Crippen molar-refractivity contribution in [2.24, 2.45) is 0 Å². The molecule has 0 fully saturated rings. The van der Waals surface area contributed by atoms with Crippen LogP contribution >= 0.6 is 0 Å². The molecule has 0 saturated heterocycles. The Hall–Kier alpha value is -3.56. The minimum Gasteiger partial charge on any atom is -0.378 e. The summed E-state index contributed by atoms with van der Waals surface area (Å²) < 4.78 is 0. The molecule has 2 rings (SSSR count). The molecular weight excluding hydrogens is 306 g/mol. The summed E-state index contributed by atoms with van der Waals surface area (Å²) >= 11 is 0. The van der Waals surface area contributed by atoms with Gasteiger partial charge in [0.15, 0.2) is 0 Å². The molecule has 0 aliphatic rings. The predicted molar refractivity (Wildman–Crippen MR) is 105 cm³/mol. The molecule has 0 N–H and O–H groups in total. The number of fused-ring (bicyclic) bond motifs is 1. The van der Waals surface area contributed by atoms with E-state index in [9.17, 15) is 0 Å². The second-order valence-electron chi connectivity index (χ2n) is 5.62. The molecule has 25 heavy (non-hydrogen) atoms. The van der Waals surface area contributed by atoms with E-state index in [1.165, 1.54) is 22.5 Å². The second-order valence-corrected chi connectivity index (χ2v) is 5.62. The third-order valence-corrected chi connectivity index (χ3v) is 3.60. The number of rotatable bonds is 5. The van der Waals surface area contributed by atoms with Gasteiger partial charge in [0.1, 0.15) is 17.7 Å². The lowest BCUT2D eigenvalue weighted by Crippen LogP contribution is -2.07. The summed E-state index contributed by atoms with van der Waals surface area (Å²) in [5, 5.41) is 19.6. The van der Waals surface area contributed by atoms with Gasteiger partial charge in [0, 0.05) is 19.8 Å². The van der Waals surface area contributed by atoms with Crippen molar-refractivity contribution in [3.05, 3.63) is 84.0 Å². The summed E-state index contributed by atoms with van der Waals surface area (Å²) in [4.78, 5) is 2.09. The molecule has 0 atom stereocenters. The molecule has 0 unspecified atom stereocenters. The number of hydrogen-bond donors (Lipinski definition) is 0. The fourth-order valence-corrected chi connectivity index (χ4v) is 2.24. The standard InChI is InChI=1S/C22H19N3/c1-25(2)22-13-12-20-14-18(10-11-21(20)15-22)8-6-4-3-5-7-9-19(16-23)17-24/h3-15H,1-2H3/b4-3+,7-5+,8-6+. The minimum absolute atomic E-state index is 0.0915. The van der Waals surface area contributed by atoms with Crippen LogP contribution in [0.3, 0.4) is 0 Å². The van der Waals surface area contributed by atoms with Gasteiger partial charge in [-0.05, 0) is 40.6 Å². The fourth-order valence-electron chi connectivity index (χ4n) is 2.24. The van der Waals surface area contributed by atoms with Crippen LogP contribution in [0.5, 0.6) is 0 Å². The third-order valence-electron chi connectivity index (χ3n) is 3.60. The largest absolute Gasteiger partial charge is 0.378 e. The summed E-state index contributed by atoms with van der Waals surface area (Å²) in [6, 6.07) is 16.4. The van der Waals surface area contributed by atoms with E-state index in [-0.39, 0.29) is 5.57 Å². The molecular formula is C22H19N3. The summed E-state index contributed by atoms with van der Waals surface area (Å²) in [7, 11) is 4.08. The van der Waals surface area contributed by atoms with Crippen molar-refractivity contribution >= 4 is 22.5 Å². The van der Waals surface area contributed by atoms with E-state index in [0.717, 1.165) is 5.56 Å². The summed E-state index contributed by atoms with van der Waals surface area (Å²) in [5.74, 6) is 0. The van der Waals surface area contributed by atoms with Crippen molar-refractivity contribution in [1.82, 2.24) is 0 Å². The highest BCUT2D eigenvalue weighted by Crippen LogP contribution is 2.22. The van der Waals surface area contributed by atoms with Gasteiger partial charge < -0.3 is 4.90 Å². The number of benzene rings is 2. The molecule has 2 aromatic carbocycles. The fraction of sp³-hybridized carbons (Fsp3) is 0.0909. The molecule has 0 heterocycles. The first-order valence-corrected chi connectivity index (χ1v) is 7.87. The molecule has 0 radical (unpaired) electrons. The first kappa shape index (κ1) is 17.8. The zero-order valence-corrected chi connectivity index (χ0v) is 14.3. The van der Waals surface area contributed by atoms with Crippen LogP contribution < -0.4 is 4.90 Å². The Bertz CT molecular complexity index is 929. The average Bonchev–Trinajstić information content (AvgIpc) is 2.63. The molecule has 0 aromatic heterocycles. The van der Waals surface area contributed by atoms with Gasteiger partial charge >= 0.3 is 0 Å². The lowest BCUT2D eigenvalue weighted by Gasteiger charge is -2.13. The first-order chi connectivity index (χ1) is 12.1. The van der Waals surface area contributed by atoms with Crippen molar-refractivity contribution in [1.29, 1.82) is 10.5 Å². The molecule has 3 nitrogen and oxygen atoms in total. The van der Waals surface area contributed by atoms with Crippen LogP contribution in [0, 0.1) is 22.7 Å². The number of allylic oxidation sites excluding steroid dienone is 7. The summed E-state index contributed by atoms with van der Waals surface area (Å²) in [6.45, 7) is 0. The zero-order chi connectivity index (χ0) is 18.1. The lowest BCUT2D eigenvalue weighted by molar-refractivity contribution is 1.14. The molecule has 0 aliphatic carbocycles. The highest BCUT2D eigenvalue weighted by atomic mass is 15.1. The molecule has 122 valence electrons. The van der Waals surface area contributed by atoms with E-state index in [0.29, 0.717) is 0 Å². The molecule has 0 spiro atoms. The Kier molecular flexibility index (Phi) is 6.34. The molecule has 2 aromatic rings. The third kappa shape index (κ3) is 5.23. The topological polar surface area (TPSA) is 50.8 Å². The SMILES string of the molecule is CN(C)c1ccc2cc(/C=C/C=C/C=C/C=C(C#N)C#N)ccc2c1. The number of hydrogen-bond acceptors (Lipinski definition) is 3. The molecule has 0 bridgehead atoms. The quantitative estimate of drug-likeness (QED) is 0.574. The van der Waals surface area contributed by atoms with Crippen molar-refractivity contribution in [2.45, 2.75) is 0 Å². The van der Waals surface area contributed by atoms with E-state index < -0.39 is 0 Å². The molecule has 3 heteroatoms. The van der Waals surface area contributed by atoms with Crippen molar-refractivity contribution in [2.75, 3.05) is 19.0 Å². The second kappa shape index (κ2) is 8.91. The van der Waals surface area contributed by atoms with Gasteiger partial charge in [-0.1, -0.05) is 54.7 Å². The molecule has 0 amide bonds. The Morgan fingerprint density at radius 2 is 1.48 bits per heavy atom. The highest BCUT2D eigenvalue weighted by molar-refractivity contribution is 5.87. The van der Waals surface area contributed by atoms with Gasteiger partial charge in [-0.3, -0.25) is 0 Å². The highest BCUT2D eigenvalue weighted by Gasteiger charge is 1.98. The van der Waals surface area contributed by atoms with Crippen LogP contribution in [0.4, 0.5) is 5.69 Å². The molecule has 0 saturated carbocycles. The van der Waals surface area contributed by atoms with Crippen molar-refractivity contribution < 1.29 is 0 Å². The van der Waals surface area contributed by atoms with E-state index in [4.69, 9.17) is 10.5 Å². The minimum atomic E-state index is 0.0915. The maximum absolute atomic E-state index is 8.60. The van der Waals surface area contributed by atoms with Crippen LogP contribution in [0.1, 0.15) is 5.56 Å². The summed E-state index contributed by atoms with van der Waals surface area (Å²) in [6.07, 6.45) is 12.7. The van der Waals surface area contributed by atoms with Gasteiger partial charge in [-0.2, -0.15) is 10.5 Å². The van der Waals surface area contributed by atoms with Crippen LogP contribution in [0.2, 0.25) is 0 Å². The van der Waals surface area contributed by atoms with Crippen molar-refractivity contribution in [3.63, 3.8) is 0 Å². The Morgan fingerprint density at radius 3 is 2.20 bits per heavy atom.